The highest BCUT2D eigenvalue weighted by Gasteiger charge is 2.08. The molecular weight excluding hydrogens is 250 g/mol. The number of nitrogens with zero attached hydrogens (tertiary/aromatic N) is 5. The third-order valence-electron chi connectivity index (χ3n) is 2.56. The summed E-state index contributed by atoms with van der Waals surface area (Å²) in [6.07, 6.45) is 1.66. The number of aryl methyl sites for hydroxylation is 1. The van der Waals surface area contributed by atoms with E-state index in [1.807, 2.05) is 23.1 Å². The summed E-state index contributed by atoms with van der Waals surface area (Å²) in [5.74, 6) is 1.82. The molecule has 0 aliphatic carbocycles. The van der Waals surface area contributed by atoms with E-state index >= 15 is 0 Å². The molecule has 8 heteroatoms. The van der Waals surface area contributed by atoms with Crippen molar-refractivity contribution in [2.45, 2.75) is 6.54 Å². The molecule has 92 valence electrons. The summed E-state index contributed by atoms with van der Waals surface area (Å²) < 4.78 is 1.85. The van der Waals surface area contributed by atoms with Crippen molar-refractivity contribution in [3.05, 3.63) is 23.6 Å². The average molecular weight is 261 g/mol. The van der Waals surface area contributed by atoms with Crippen LogP contribution in [0.25, 0.3) is 10.2 Å². The second-order valence-electron chi connectivity index (χ2n) is 3.78. The lowest BCUT2D eigenvalue weighted by atomic mass is 10.4. The highest BCUT2D eigenvalue weighted by Crippen LogP contribution is 2.25. The Hall–Kier alpha value is -2.22. The van der Waals surface area contributed by atoms with Crippen molar-refractivity contribution < 1.29 is 0 Å². The molecule has 0 aliphatic heterocycles. The Bertz CT molecular complexity index is 686. The van der Waals surface area contributed by atoms with E-state index in [4.69, 9.17) is 5.73 Å². The number of hydrogen-bond donors (Lipinski definition) is 2. The van der Waals surface area contributed by atoms with E-state index in [0.29, 0.717) is 6.54 Å². The van der Waals surface area contributed by atoms with Crippen LogP contribution < -0.4 is 11.1 Å². The first-order valence-electron chi connectivity index (χ1n) is 5.31. The molecule has 3 aromatic heterocycles. The van der Waals surface area contributed by atoms with Crippen LogP contribution in [0.15, 0.2) is 17.8 Å². The van der Waals surface area contributed by atoms with E-state index in [-0.39, 0.29) is 5.95 Å². The van der Waals surface area contributed by atoms with E-state index in [9.17, 15) is 0 Å². The van der Waals surface area contributed by atoms with Crippen molar-refractivity contribution in [3.8, 4) is 0 Å². The van der Waals surface area contributed by atoms with Gasteiger partial charge in [-0.3, -0.25) is 0 Å². The number of fused-ring (bicyclic) bond motifs is 1. The molecule has 0 radical (unpaired) electrons. The number of hydrogen-bond acceptors (Lipinski definition) is 7. The van der Waals surface area contributed by atoms with Gasteiger partial charge in [-0.15, -0.1) is 21.5 Å². The second-order valence-corrected chi connectivity index (χ2v) is 4.68. The summed E-state index contributed by atoms with van der Waals surface area (Å²) in [5.41, 5.74) is 5.67. The van der Waals surface area contributed by atoms with Crippen LogP contribution in [0.1, 0.15) is 5.82 Å². The minimum absolute atomic E-state index is 0.269. The third kappa shape index (κ3) is 1.86. The van der Waals surface area contributed by atoms with E-state index in [2.05, 4.69) is 25.5 Å². The van der Waals surface area contributed by atoms with Gasteiger partial charge in [0.15, 0.2) is 5.82 Å². The first-order valence-corrected chi connectivity index (χ1v) is 6.19. The second kappa shape index (κ2) is 4.22. The summed E-state index contributed by atoms with van der Waals surface area (Å²) >= 11 is 1.54. The van der Waals surface area contributed by atoms with Gasteiger partial charge in [-0.1, -0.05) is 0 Å². The van der Waals surface area contributed by atoms with Crippen LogP contribution in [0.4, 0.5) is 11.8 Å². The van der Waals surface area contributed by atoms with Gasteiger partial charge in [0.1, 0.15) is 17.0 Å². The minimum atomic E-state index is 0.269. The maximum Gasteiger partial charge on any atom is 0.223 e. The first-order chi connectivity index (χ1) is 8.74. The van der Waals surface area contributed by atoms with Crippen molar-refractivity contribution in [2.75, 3.05) is 11.1 Å². The summed E-state index contributed by atoms with van der Waals surface area (Å²) in [4.78, 5) is 9.26. The molecule has 0 saturated heterocycles. The maximum absolute atomic E-state index is 5.67. The third-order valence-corrected chi connectivity index (χ3v) is 3.37. The van der Waals surface area contributed by atoms with Crippen LogP contribution in [-0.4, -0.2) is 24.7 Å². The van der Waals surface area contributed by atoms with Crippen LogP contribution in [0.3, 0.4) is 0 Å². The molecule has 3 aromatic rings. The van der Waals surface area contributed by atoms with Crippen molar-refractivity contribution in [2.24, 2.45) is 7.05 Å². The fourth-order valence-corrected chi connectivity index (χ4v) is 2.41. The van der Waals surface area contributed by atoms with Crippen LogP contribution in [0, 0.1) is 0 Å². The first kappa shape index (κ1) is 10.9. The predicted octanol–water partition coefficient (Wildman–Crippen LogP) is 1.01. The fourth-order valence-electron chi connectivity index (χ4n) is 1.64. The number of anilines is 2. The molecule has 0 amide bonds. The lowest BCUT2D eigenvalue weighted by molar-refractivity contribution is 0.811. The molecule has 0 aromatic carbocycles. The Morgan fingerprint density at radius 1 is 1.44 bits per heavy atom. The molecule has 3 rings (SSSR count). The van der Waals surface area contributed by atoms with Crippen molar-refractivity contribution >= 4 is 33.3 Å². The highest BCUT2D eigenvalue weighted by atomic mass is 32.1. The molecule has 0 atom stereocenters. The molecule has 0 aliphatic rings. The van der Waals surface area contributed by atoms with Crippen LogP contribution in [-0.2, 0) is 13.6 Å². The van der Waals surface area contributed by atoms with Gasteiger partial charge in [0.2, 0.25) is 5.95 Å². The van der Waals surface area contributed by atoms with Gasteiger partial charge in [-0.05, 0) is 11.4 Å². The van der Waals surface area contributed by atoms with E-state index in [1.54, 1.807) is 6.33 Å². The normalized spacial score (nSPS) is 10.9. The molecule has 0 fully saturated rings. The van der Waals surface area contributed by atoms with Gasteiger partial charge in [0, 0.05) is 7.05 Å². The number of nitrogen functional groups attached to an aromatic ring is 1. The van der Waals surface area contributed by atoms with Crippen molar-refractivity contribution in [3.63, 3.8) is 0 Å². The molecule has 18 heavy (non-hydrogen) atoms. The quantitative estimate of drug-likeness (QED) is 0.730. The Morgan fingerprint density at radius 2 is 2.33 bits per heavy atom. The topological polar surface area (TPSA) is 94.5 Å². The molecule has 0 bridgehead atoms. The fraction of sp³-hybridized carbons (Fsp3) is 0.200. The lowest BCUT2D eigenvalue weighted by Gasteiger charge is -2.06. The van der Waals surface area contributed by atoms with Gasteiger partial charge in [-0.2, -0.15) is 4.98 Å². The number of aromatic nitrogens is 5. The lowest BCUT2D eigenvalue weighted by Crippen LogP contribution is -2.08. The van der Waals surface area contributed by atoms with Gasteiger partial charge in [-0.25, -0.2) is 4.98 Å². The molecule has 3 N–H and O–H groups in total. The van der Waals surface area contributed by atoms with E-state index in [0.717, 1.165) is 21.9 Å². The maximum atomic E-state index is 5.67. The molecule has 0 spiro atoms. The van der Waals surface area contributed by atoms with Gasteiger partial charge in [0.25, 0.3) is 0 Å². The number of nitrogens with two attached hydrogens (primary N) is 1. The number of nitrogens with one attached hydrogen (secondary N) is 1. The zero-order valence-electron chi connectivity index (χ0n) is 9.66. The Morgan fingerprint density at radius 3 is 3.11 bits per heavy atom. The van der Waals surface area contributed by atoms with Gasteiger partial charge >= 0.3 is 0 Å². The zero-order valence-corrected chi connectivity index (χ0v) is 10.5. The Balaban J connectivity index is 1.90. The standard InChI is InChI=1S/C10H11N7S/c1-17-5-13-16-7(17)4-12-8-6-2-3-18-9(6)15-10(11)14-8/h2-3,5H,4H2,1H3,(H3,11,12,14,15). The average Bonchev–Trinajstić information content (AvgIpc) is 2.94. The molecular formula is C10H11N7S. The van der Waals surface area contributed by atoms with Crippen molar-refractivity contribution in [1.82, 2.24) is 24.7 Å². The molecule has 7 nitrogen and oxygen atoms in total. The minimum Gasteiger partial charge on any atom is -0.368 e. The molecule has 3 heterocycles. The molecule has 0 saturated carbocycles. The highest BCUT2D eigenvalue weighted by molar-refractivity contribution is 7.16. The zero-order chi connectivity index (χ0) is 12.5. The van der Waals surface area contributed by atoms with Gasteiger partial charge < -0.3 is 15.6 Å². The Labute approximate surface area is 107 Å². The van der Waals surface area contributed by atoms with E-state index < -0.39 is 0 Å². The largest absolute Gasteiger partial charge is 0.368 e. The van der Waals surface area contributed by atoms with Gasteiger partial charge in [0.05, 0.1) is 11.9 Å². The summed E-state index contributed by atoms with van der Waals surface area (Å²) in [7, 11) is 1.89. The summed E-state index contributed by atoms with van der Waals surface area (Å²) in [6.45, 7) is 0.540. The summed E-state index contributed by atoms with van der Waals surface area (Å²) in [5, 5.41) is 14.0. The smallest absolute Gasteiger partial charge is 0.223 e. The van der Waals surface area contributed by atoms with Crippen LogP contribution in [0.2, 0.25) is 0 Å². The van der Waals surface area contributed by atoms with Crippen LogP contribution in [0.5, 0.6) is 0 Å². The Kier molecular flexibility index (Phi) is 2.56. The van der Waals surface area contributed by atoms with Crippen molar-refractivity contribution in [1.29, 1.82) is 0 Å². The molecule has 0 unspecified atom stereocenters. The van der Waals surface area contributed by atoms with E-state index in [1.165, 1.54) is 11.3 Å². The number of rotatable bonds is 3. The monoisotopic (exact) mass is 261 g/mol. The predicted molar refractivity (Wildman–Crippen MR) is 70.2 cm³/mol. The van der Waals surface area contributed by atoms with Crippen LogP contribution >= 0.6 is 11.3 Å². The number of thiophene rings is 1. The summed E-state index contributed by atoms with van der Waals surface area (Å²) in [6, 6.07) is 1.97. The SMILES string of the molecule is Cn1cnnc1CNc1nc(N)nc2sccc12.